The SMILES string of the molecule is Cl.O=C(c1cccc(O)c1)N1CCN(C(=O)[C@@]23CCCC[C@H]2CNC3)CC1. The van der Waals surface area contributed by atoms with Crippen LogP contribution in [-0.2, 0) is 4.79 Å². The van der Waals surface area contributed by atoms with Gasteiger partial charge in [0.25, 0.3) is 5.91 Å². The van der Waals surface area contributed by atoms with Gasteiger partial charge in [-0.15, -0.1) is 12.4 Å². The largest absolute Gasteiger partial charge is 0.508 e. The predicted octanol–water partition coefficient (Wildman–Crippen LogP) is 1.88. The molecule has 2 amide bonds. The first-order valence-corrected chi connectivity index (χ1v) is 9.68. The van der Waals surface area contributed by atoms with Gasteiger partial charge in [0.1, 0.15) is 5.75 Å². The second kappa shape index (κ2) is 8.07. The molecule has 6 nitrogen and oxygen atoms in total. The number of fused-ring (bicyclic) bond motifs is 1. The van der Waals surface area contributed by atoms with Gasteiger partial charge in [0.05, 0.1) is 5.41 Å². The van der Waals surface area contributed by atoms with Gasteiger partial charge in [0.15, 0.2) is 0 Å². The first-order chi connectivity index (χ1) is 12.6. The van der Waals surface area contributed by atoms with Gasteiger partial charge in [-0.1, -0.05) is 18.9 Å². The van der Waals surface area contributed by atoms with Crippen LogP contribution >= 0.6 is 12.4 Å². The summed E-state index contributed by atoms with van der Waals surface area (Å²) in [6.07, 6.45) is 4.51. The highest BCUT2D eigenvalue weighted by atomic mass is 35.5. The fraction of sp³-hybridized carbons (Fsp3) is 0.600. The van der Waals surface area contributed by atoms with Crippen LogP contribution in [0.25, 0.3) is 0 Å². The molecule has 1 saturated carbocycles. The molecule has 2 aliphatic heterocycles. The maximum absolute atomic E-state index is 13.3. The molecule has 0 bridgehead atoms. The lowest BCUT2D eigenvalue weighted by atomic mass is 9.67. The van der Waals surface area contributed by atoms with Crippen LogP contribution in [0.5, 0.6) is 5.75 Å². The van der Waals surface area contributed by atoms with Crippen molar-refractivity contribution < 1.29 is 14.7 Å². The van der Waals surface area contributed by atoms with Crippen LogP contribution in [-0.4, -0.2) is 66.0 Å². The lowest BCUT2D eigenvalue weighted by molar-refractivity contribution is -0.146. The molecule has 3 fully saturated rings. The fourth-order valence-electron chi connectivity index (χ4n) is 4.92. The summed E-state index contributed by atoms with van der Waals surface area (Å²) >= 11 is 0. The molecular weight excluding hydrogens is 366 g/mol. The Labute approximate surface area is 166 Å². The van der Waals surface area contributed by atoms with Crippen LogP contribution in [0.4, 0.5) is 0 Å². The predicted molar refractivity (Wildman–Crippen MR) is 105 cm³/mol. The zero-order valence-electron chi connectivity index (χ0n) is 15.5. The summed E-state index contributed by atoms with van der Waals surface area (Å²) in [4.78, 5) is 29.7. The minimum absolute atomic E-state index is 0. The molecule has 0 aromatic heterocycles. The standard InChI is InChI=1S/C20H27N3O3.ClH/c24-17-6-3-4-15(12-17)18(25)22-8-10-23(11-9-22)19(26)20-7-2-1-5-16(20)13-21-14-20;/h3-4,6,12,16,21,24H,1-2,5,7-11,13-14H2;1H/t16-,20+;/m0./s1. The van der Waals surface area contributed by atoms with Crippen molar-refractivity contribution in [3.8, 4) is 5.75 Å². The highest BCUT2D eigenvalue weighted by Gasteiger charge is 2.51. The number of phenolic OH excluding ortho intramolecular Hbond substituents is 1. The maximum atomic E-state index is 13.3. The Morgan fingerprint density at radius 3 is 2.59 bits per heavy atom. The summed E-state index contributed by atoms with van der Waals surface area (Å²) in [6.45, 7) is 4.05. The molecule has 4 rings (SSSR count). The molecule has 27 heavy (non-hydrogen) atoms. The molecular formula is C20H28ClN3O3. The first kappa shape index (κ1) is 20.0. The van der Waals surface area contributed by atoms with Crippen molar-refractivity contribution in [2.45, 2.75) is 25.7 Å². The van der Waals surface area contributed by atoms with Gasteiger partial charge in [-0.2, -0.15) is 0 Å². The highest BCUT2D eigenvalue weighted by Crippen LogP contribution is 2.45. The van der Waals surface area contributed by atoms with Gasteiger partial charge in [-0.05, 0) is 43.5 Å². The number of piperazine rings is 1. The number of carbonyl (C=O) groups is 2. The van der Waals surface area contributed by atoms with Crippen LogP contribution in [0.2, 0.25) is 0 Å². The lowest BCUT2D eigenvalue weighted by Gasteiger charge is -2.43. The number of carbonyl (C=O) groups excluding carboxylic acids is 2. The molecule has 0 spiro atoms. The van der Waals surface area contributed by atoms with E-state index in [1.165, 1.54) is 12.5 Å². The van der Waals surface area contributed by atoms with Crippen LogP contribution in [0.1, 0.15) is 36.0 Å². The van der Waals surface area contributed by atoms with Crippen LogP contribution in [0, 0.1) is 11.3 Å². The normalized spacial score (nSPS) is 27.6. The summed E-state index contributed by atoms with van der Waals surface area (Å²) < 4.78 is 0. The van der Waals surface area contributed by atoms with Gasteiger partial charge in [0, 0.05) is 38.3 Å². The number of hydrogen-bond acceptors (Lipinski definition) is 4. The number of nitrogens with one attached hydrogen (secondary N) is 1. The number of nitrogens with zero attached hydrogens (tertiary/aromatic N) is 2. The quantitative estimate of drug-likeness (QED) is 0.804. The minimum Gasteiger partial charge on any atom is -0.508 e. The van der Waals surface area contributed by atoms with Crippen molar-refractivity contribution in [1.29, 1.82) is 0 Å². The third-order valence-corrected chi connectivity index (χ3v) is 6.41. The number of aromatic hydroxyl groups is 1. The Balaban J connectivity index is 0.00000210. The second-order valence-electron chi connectivity index (χ2n) is 7.86. The van der Waals surface area contributed by atoms with E-state index in [4.69, 9.17) is 0 Å². The Hall–Kier alpha value is -1.79. The summed E-state index contributed by atoms with van der Waals surface area (Å²) in [6, 6.07) is 6.45. The zero-order chi connectivity index (χ0) is 18.1. The van der Waals surface area contributed by atoms with E-state index in [-0.39, 0.29) is 35.4 Å². The lowest BCUT2D eigenvalue weighted by Crippen LogP contribution is -2.56. The molecule has 1 aromatic carbocycles. The Kier molecular flexibility index (Phi) is 5.96. The first-order valence-electron chi connectivity index (χ1n) is 9.68. The van der Waals surface area contributed by atoms with E-state index in [2.05, 4.69) is 5.32 Å². The van der Waals surface area contributed by atoms with E-state index in [9.17, 15) is 14.7 Å². The minimum atomic E-state index is -0.213. The molecule has 2 atom stereocenters. The number of amides is 2. The van der Waals surface area contributed by atoms with E-state index in [1.807, 2.05) is 4.90 Å². The Morgan fingerprint density at radius 2 is 1.85 bits per heavy atom. The molecule has 148 valence electrons. The molecule has 2 heterocycles. The molecule has 1 aliphatic carbocycles. The van der Waals surface area contributed by atoms with Crippen molar-refractivity contribution in [3.63, 3.8) is 0 Å². The number of halogens is 1. The molecule has 2 saturated heterocycles. The van der Waals surface area contributed by atoms with Crippen LogP contribution in [0.15, 0.2) is 24.3 Å². The van der Waals surface area contributed by atoms with Crippen molar-refractivity contribution in [3.05, 3.63) is 29.8 Å². The van der Waals surface area contributed by atoms with Gasteiger partial charge in [0.2, 0.25) is 5.91 Å². The third kappa shape index (κ3) is 3.65. The average molecular weight is 394 g/mol. The van der Waals surface area contributed by atoms with Crippen molar-refractivity contribution in [2.75, 3.05) is 39.3 Å². The van der Waals surface area contributed by atoms with Gasteiger partial charge < -0.3 is 20.2 Å². The molecule has 0 radical (unpaired) electrons. The molecule has 0 unspecified atom stereocenters. The van der Waals surface area contributed by atoms with Crippen LogP contribution in [0.3, 0.4) is 0 Å². The Bertz CT molecular complexity index is 705. The van der Waals surface area contributed by atoms with Gasteiger partial charge >= 0.3 is 0 Å². The average Bonchev–Trinajstić information content (AvgIpc) is 3.12. The van der Waals surface area contributed by atoms with Crippen molar-refractivity contribution in [1.82, 2.24) is 15.1 Å². The van der Waals surface area contributed by atoms with Gasteiger partial charge in [-0.3, -0.25) is 9.59 Å². The highest BCUT2D eigenvalue weighted by molar-refractivity contribution is 5.95. The third-order valence-electron chi connectivity index (χ3n) is 6.41. The number of rotatable bonds is 2. The molecule has 2 N–H and O–H groups in total. The molecule has 3 aliphatic rings. The topological polar surface area (TPSA) is 72.9 Å². The molecule has 1 aromatic rings. The van der Waals surface area contributed by atoms with Gasteiger partial charge in [-0.25, -0.2) is 0 Å². The van der Waals surface area contributed by atoms with E-state index in [0.29, 0.717) is 37.7 Å². The number of benzene rings is 1. The smallest absolute Gasteiger partial charge is 0.254 e. The number of hydrogen-bond donors (Lipinski definition) is 2. The monoisotopic (exact) mass is 393 g/mol. The van der Waals surface area contributed by atoms with E-state index < -0.39 is 0 Å². The second-order valence-corrected chi connectivity index (χ2v) is 7.86. The summed E-state index contributed by atoms with van der Waals surface area (Å²) in [5.41, 5.74) is 0.283. The number of phenols is 1. The summed E-state index contributed by atoms with van der Waals surface area (Å²) in [7, 11) is 0. The van der Waals surface area contributed by atoms with E-state index in [1.54, 1.807) is 23.1 Å². The summed E-state index contributed by atoms with van der Waals surface area (Å²) in [5.74, 6) is 0.775. The van der Waals surface area contributed by atoms with Crippen LogP contribution < -0.4 is 5.32 Å². The zero-order valence-corrected chi connectivity index (χ0v) is 16.3. The van der Waals surface area contributed by atoms with E-state index in [0.717, 1.165) is 32.4 Å². The van der Waals surface area contributed by atoms with E-state index >= 15 is 0 Å². The van der Waals surface area contributed by atoms with Crippen molar-refractivity contribution in [2.24, 2.45) is 11.3 Å². The van der Waals surface area contributed by atoms with Crippen molar-refractivity contribution >= 4 is 24.2 Å². The summed E-state index contributed by atoms with van der Waals surface area (Å²) in [5, 5.41) is 13.0. The fourth-order valence-corrected chi connectivity index (χ4v) is 4.92. The Morgan fingerprint density at radius 1 is 1.11 bits per heavy atom. The molecule has 7 heteroatoms. The maximum Gasteiger partial charge on any atom is 0.254 e.